The molecule has 0 saturated carbocycles. The average Bonchev–Trinajstić information content (AvgIpc) is 2.53. The molecule has 1 nitrogen and oxygen atoms in total. The largest absolute Gasteiger partial charge is 0.416 e. The van der Waals surface area contributed by atoms with Crippen molar-refractivity contribution in [2.24, 2.45) is 5.73 Å². The normalized spacial score (nSPS) is 14.4. The summed E-state index contributed by atoms with van der Waals surface area (Å²) in [5, 5.41) is 0.608. The third-order valence-electron chi connectivity index (χ3n) is 3.85. The van der Waals surface area contributed by atoms with Crippen LogP contribution in [0.3, 0.4) is 0 Å². The van der Waals surface area contributed by atoms with Crippen molar-refractivity contribution in [2.45, 2.75) is 41.3 Å². The van der Waals surface area contributed by atoms with Gasteiger partial charge in [0.15, 0.2) is 0 Å². The number of alkyl halides is 3. The quantitative estimate of drug-likeness (QED) is 0.593. The molecule has 2 rings (SSSR count). The molecular weight excluding hydrogens is 386 g/mol. The first kappa shape index (κ1) is 20.6. The van der Waals surface area contributed by atoms with Gasteiger partial charge in [-0.05, 0) is 61.8 Å². The van der Waals surface area contributed by atoms with Gasteiger partial charge in [0.2, 0.25) is 0 Å². The minimum absolute atomic E-state index is 0.264. The first-order chi connectivity index (χ1) is 11.6. The summed E-state index contributed by atoms with van der Waals surface area (Å²) >= 11 is 7.59. The highest BCUT2D eigenvalue weighted by atomic mass is 35.5. The molecule has 0 amide bonds. The van der Waals surface area contributed by atoms with E-state index < -0.39 is 11.7 Å². The van der Waals surface area contributed by atoms with Gasteiger partial charge in [-0.15, -0.1) is 9.24 Å². The van der Waals surface area contributed by atoms with E-state index in [1.807, 2.05) is 19.1 Å². The van der Waals surface area contributed by atoms with Crippen molar-refractivity contribution >= 4 is 32.6 Å². The minimum atomic E-state index is -4.34. The van der Waals surface area contributed by atoms with Gasteiger partial charge in [-0.3, -0.25) is 0 Å². The molecule has 0 radical (unpaired) electrons. The lowest BCUT2D eigenvalue weighted by Gasteiger charge is -2.22. The maximum absolute atomic E-state index is 12.8. The number of nitrogens with two attached hydrogens (primary N) is 1. The number of rotatable bonds is 6. The van der Waals surface area contributed by atoms with Crippen molar-refractivity contribution in [3.05, 3.63) is 58.6 Å². The molecule has 0 saturated heterocycles. The third-order valence-corrected chi connectivity index (χ3v) is 6.12. The summed E-state index contributed by atoms with van der Waals surface area (Å²) in [5.74, 6) is 0. The molecule has 0 bridgehead atoms. The lowest BCUT2D eigenvalue weighted by atomic mass is 9.96. The number of hydrogen-bond donors (Lipinski definition) is 1. The van der Waals surface area contributed by atoms with E-state index >= 15 is 0 Å². The van der Waals surface area contributed by atoms with Crippen LogP contribution in [0.2, 0.25) is 5.02 Å². The van der Waals surface area contributed by atoms with E-state index in [-0.39, 0.29) is 5.54 Å². The molecule has 136 valence electrons. The van der Waals surface area contributed by atoms with Crippen LogP contribution in [0.4, 0.5) is 13.2 Å². The predicted octanol–water partition coefficient (Wildman–Crippen LogP) is 6.04. The summed E-state index contributed by atoms with van der Waals surface area (Å²) < 4.78 is 38.4. The van der Waals surface area contributed by atoms with E-state index in [4.69, 9.17) is 17.3 Å². The highest BCUT2D eigenvalue weighted by Crippen LogP contribution is 2.35. The molecular formula is C18H20ClF3NPS. The van der Waals surface area contributed by atoms with E-state index in [0.29, 0.717) is 9.92 Å². The summed E-state index contributed by atoms with van der Waals surface area (Å²) in [6, 6.07) is 10.8. The van der Waals surface area contributed by atoms with Crippen LogP contribution in [-0.2, 0) is 12.6 Å². The summed E-state index contributed by atoms with van der Waals surface area (Å²) in [4.78, 5) is 1.32. The molecule has 2 atom stereocenters. The van der Waals surface area contributed by atoms with Crippen LogP contribution in [-0.4, -0.2) is 11.7 Å². The van der Waals surface area contributed by atoms with Crippen molar-refractivity contribution in [1.82, 2.24) is 0 Å². The summed E-state index contributed by atoms with van der Waals surface area (Å²) in [5.41, 5.74) is 6.21. The van der Waals surface area contributed by atoms with Gasteiger partial charge in [-0.2, -0.15) is 13.2 Å². The summed E-state index contributed by atoms with van der Waals surface area (Å²) in [7, 11) is 2.65. The van der Waals surface area contributed by atoms with Crippen molar-refractivity contribution in [1.29, 1.82) is 0 Å². The van der Waals surface area contributed by atoms with Gasteiger partial charge in [0, 0.05) is 20.4 Å². The fraction of sp³-hybridized carbons (Fsp3) is 0.333. The van der Waals surface area contributed by atoms with Gasteiger partial charge in [-0.25, -0.2) is 0 Å². The number of benzene rings is 2. The maximum atomic E-state index is 12.8. The van der Waals surface area contributed by atoms with Gasteiger partial charge < -0.3 is 5.73 Å². The Bertz CT molecular complexity index is 735. The standard InChI is InChI=1S/C18H20ClF3NPS/c1-17(23,11-24)8-7-12-5-6-15(10-16(12)19)25-14-4-2-3-13(9-14)18(20,21)22/h2-6,9-10H,7-8,11,23-24H2,1H3/t17-/m1/s1. The molecule has 2 aromatic rings. The Labute approximate surface area is 157 Å². The van der Waals surface area contributed by atoms with Crippen LogP contribution < -0.4 is 5.73 Å². The Morgan fingerprint density at radius 2 is 1.80 bits per heavy atom. The van der Waals surface area contributed by atoms with Gasteiger partial charge in [0.1, 0.15) is 0 Å². The van der Waals surface area contributed by atoms with Crippen LogP contribution >= 0.6 is 32.6 Å². The molecule has 7 heteroatoms. The Kier molecular flexibility index (Phi) is 6.83. The van der Waals surface area contributed by atoms with Crippen LogP contribution in [0.15, 0.2) is 52.3 Å². The van der Waals surface area contributed by atoms with Gasteiger partial charge in [0.05, 0.1) is 5.56 Å². The molecule has 1 unspecified atom stereocenters. The highest BCUT2D eigenvalue weighted by Gasteiger charge is 2.30. The Hall–Kier alpha value is -0.740. The summed E-state index contributed by atoms with van der Waals surface area (Å²) in [6.45, 7) is 1.99. The lowest BCUT2D eigenvalue weighted by Crippen LogP contribution is -2.38. The Balaban J connectivity index is 2.11. The monoisotopic (exact) mass is 405 g/mol. The Morgan fingerprint density at radius 1 is 1.12 bits per heavy atom. The van der Waals surface area contributed by atoms with Crippen molar-refractivity contribution in [2.75, 3.05) is 6.16 Å². The fourth-order valence-corrected chi connectivity index (χ4v) is 3.65. The zero-order valence-electron chi connectivity index (χ0n) is 13.7. The maximum Gasteiger partial charge on any atom is 0.416 e. The first-order valence-electron chi connectivity index (χ1n) is 7.73. The zero-order chi connectivity index (χ0) is 18.7. The van der Waals surface area contributed by atoms with E-state index in [1.54, 1.807) is 12.1 Å². The molecule has 0 aliphatic heterocycles. The topological polar surface area (TPSA) is 26.0 Å². The molecule has 25 heavy (non-hydrogen) atoms. The molecule has 0 fully saturated rings. The first-order valence-corrected chi connectivity index (χ1v) is 9.74. The smallest absolute Gasteiger partial charge is 0.325 e. The lowest BCUT2D eigenvalue weighted by molar-refractivity contribution is -0.137. The van der Waals surface area contributed by atoms with Crippen molar-refractivity contribution in [3.8, 4) is 0 Å². The molecule has 0 spiro atoms. The van der Waals surface area contributed by atoms with Crippen LogP contribution in [0, 0.1) is 0 Å². The van der Waals surface area contributed by atoms with Crippen molar-refractivity contribution < 1.29 is 13.2 Å². The van der Waals surface area contributed by atoms with Gasteiger partial charge in [-0.1, -0.05) is 35.5 Å². The minimum Gasteiger partial charge on any atom is -0.325 e. The molecule has 0 aliphatic carbocycles. The van der Waals surface area contributed by atoms with E-state index in [9.17, 15) is 13.2 Å². The van der Waals surface area contributed by atoms with Crippen LogP contribution in [0.25, 0.3) is 0 Å². The van der Waals surface area contributed by atoms with Gasteiger partial charge in [0.25, 0.3) is 0 Å². The zero-order valence-corrected chi connectivity index (χ0v) is 16.5. The molecule has 0 heterocycles. The number of aryl methyl sites for hydroxylation is 1. The highest BCUT2D eigenvalue weighted by molar-refractivity contribution is 7.99. The van der Waals surface area contributed by atoms with Gasteiger partial charge >= 0.3 is 6.18 Å². The molecule has 2 aromatic carbocycles. The van der Waals surface area contributed by atoms with E-state index in [0.717, 1.165) is 41.6 Å². The van der Waals surface area contributed by atoms with Crippen LogP contribution in [0.5, 0.6) is 0 Å². The van der Waals surface area contributed by atoms with Crippen molar-refractivity contribution in [3.63, 3.8) is 0 Å². The number of hydrogen-bond acceptors (Lipinski definition) is 2. The molecule has 2 N–H and O–H groups in total. The second-order valence-corrected chi connectivity index (χ2v) is 8.20. The SMILES string of the molecule is C[C@](N)(CP)CCc1ccc(Sc2cccc(C(F)(F)F)c2)cc1Cl. The molecule has 0 aliphatic rings. The summed E-state index contributed by atoms with van der Waals surface area (Å²) in [6.07, 6.45) is -1.98. The number of halogens is 4. The third kappa shape index (κ3) is 6.18. The second-order valence-electron chi connectivity index (χ2n) is 6.24. The second kappa shape index (κ2) is 8.30. The molecule has 0 aromatic heterocycles. The predicted molar refractivity (Wildman–Crippen MR) is 103 cm³/mol. The van der Waals surface area contributed by atoms with E-state index in [2.05, 4.69) is 9.24 Å². The Morgan fingerprint density at radius 3 is 2.40 bits per heavy atom. The van der Waals surface area contributed by atoms with Crippen LogP contribution in [0.1, 0.15) is 24.5 Å². The van der Waals surface area contributed by atoms with E-state index in [1.165, 1.54) is 17.8 Å². The fourth-order valence-electron chi connectivity index (χ4n) is 2.19. The average molecular weight is 406 g/mol.